The van der Waals surface area contributed by atoms with E-state index in [9.17, 15) is 15.8 Å². The maximum Gasteiger partial charge on any atom is 0.0991 e. The molecule has 0 saturated heterocycles. The summed E-state index contributed by atoms with van der Waals surface area (Å²) in [6.45, 7) is 4.61. The van der Waals surface area contributed by atoms with Crippen LogP contribution in [0.3, 0.4) is 0 Å². The van der Waals surface area contributed by atoms with Crippen molar-refractivity contribution in [3.63, 3.8) is 0 Å². The molecule has 0 unspecified atom stereocenters. The summed E-state index contributed by atoms with van der Waals surface area (Å²) < 4.78 is 4.57. The van der Waals surface area contributed by atoms with Crippen molar-refractivity contribution in [3.8, 4) is 40.7 Å². The third kappa shape index (κ3) is 3.56. The molecule has 0 N–H and O–H groups in total. The van der Waals surface area contributed by atoms with E-state index in [1.807, 2.05) is 48.5 Å². The zero-order valence-corrected chi connectivity index (χ0v) is 25.7. The molecule has 0 saturated carbocycles. The molecule has 47 heavy (non-hydrogen) atoms. The normalized spacial score (nSPS) is 13.0. The van der Waals surface area contributed by atoms with Gasteiger partial charge in [0.25, 0.3) is 0 Å². The largest absolute Gasteiger partial charge is 0.309 e. The van der Waals surface area contributed by atoms with E-state index < -0.39 is 0 Å². The number of benzene rings is 6. The van der Waals surface area contributed by atoms with E-state index in [1.165, 1.54) is 22.3 Å². The number of aromatic nitrogens is 2. The Hall–Kier alpha value is -6.61. The van der Waals surface area contributed by atoms with Crippen molar-refractivity contribution in [3.05, 3.63) is 143 Å². The average molecular weight is 600 g/mol. The smallest absolute Gasteiger partial charge is 0.0991 e. The molecule has 5 nitrogen and oxygen atoms in total. The Labute approximate surface area is 271 Å². The summed E-state index contributed by atoms with van der Waals surface area (Å²) in [5.74, 6) is 0. The molecule has 9 rings (SSSR count). The second-order valence-corrected chi connectivity index (χ2v) is 12.8. The number of hydrogen-bond donors (Lipinski definition) is 0. The van der Waals surface area contributed by atoms with Crippen LogP contribution < -0.4 is 0 Å². The Morgan fingerprint density at radius 2 is 1.02 bits per heavy atom. The maximum absolute atomic E-state index is 9.84. The molecular formula is C42H25N5. The highest BCUT2D eigenvalue weighted by Gasteiger charge is 2.38. The van der Waals surface area contributed by atoms with Gasteiger partial charge in [0, 0.05) is 38.3 Å². The summed E-state index contributed by atoms with van der Waals surface area (Å²) >= 11 is 0. The van der Waals surface area contributed by atoms with E-state index in [2.05, 4.69) is 108 Å². The Bertz CT molecular complexity index is 2730. The van der Waals surface area contributed by atoms with Gasteiger partial charge < -0.3 is 9.13 Å². The Balaban J connectivity index is 1.38. The zero-order valence-electron chi connectivity index (χ0n) is 25.7. The Kier molecular flexibility index (Phi) is 5.38. The predicted octanol–water partition coefficient (Wildman–Crippen LogP) is 9.80. The van der Waals surface area contributed by atoms with Crippen LogP contribution in [0.4, 0.5) is 0 Å². The molecule has 218 valence electrons. The minimum atomic E-state index is -0.239. The molecular weight excluding hydrogens is 574 g/mol. The van der Waals surface area contributed by atoms with Gasteiger partial charge in [-0.15, -0.1) is 0 Å². The van der Waals surface area contributed by atoms with Gasteiger partial charge in [0.15, 0.2) is 0 Å². The lowest BCUT2D eigenvalue weighted by Crippen LogP contribution is -2.16. The summed E-state index contributed by atoms with van der Waals surface area (Å²) in [4.78, 5) is 0. The first kappa shape index (κ1) is 26.8. The van der Waals surface area contributed by atoms with Crippen molar-refractivity contribution in [2.75, 3.05) is 0 Å². The molecule has 0 spiro atoms. The highest BCUT2D eigenvalue weighted by atomic mass is 15.0. The first-order valence-corrected chi connectivity index (χ1v) is 15.5. The van der Waals surface area contributed by atoms with Gasteiger partial charge in [-0.1, -0.05) is 56.3 Å². The van der Waals surface area contributed by atoms with Crippen LogP contribution in [0.15, 0.2) is 115 Å². The highest BCUT2D eigenvalue weighted by molar-refractivity contribution is 6.14. The van der Waals surface area contributed by atoms with Gasteiger partial charge in [0.1, 0.15) is 0 Å². The minimum absolute atomic E-state index is 0.239. The van der Waals surface area contributed by atoms with Gasteiger partial charge >= 0.3 is 0 Å². The van der Waals surface area contributed by atoms with Gasteiger partial charge in [-0.25, -0.2) is 0 Å². The van der Waals surface area contributed by atoms with Gasteiger partial charge in [-0.05, 0) is 95.1 Å². The van der Waals surface area contributed by atoms with Crippen LogP contribution in [-0.2, 0) is 5.41 Å². The summed E-state index contributed by atoms with van der Waals surface area (Å²) in [6, 6.07) is 46.0. The molecule has 1 aliphatic rings. The number of nitriles is 3. The summed E-state index contributed by atoms with van der Waals surface area (Å²) in [7, 11) is 0. The molecule has 0 amide bonds. The average Bonchev–Trinajstić information content (AvgIpc) is 3.70. The number of hydrogen-bond acceptors (Lipinski definition) is 3. The number of nitrogens with zero attached hydrogens (tertiary/aromatic N) is 5. The fourth-order valence-electron chi connectivity index (χ4n) is 7.91. The van der Waals surface area contributed by atoms with E-state index in [4.69, 9.17) is 0 Å². The summed E-state index contributed by atoms with van der Waals surface area (Å²) in [5.41, 5.74) is 12.7. The molecule has 5 heteroatoms. The van der Waals surface area contributed by atoms with Gasteiger partial charge in [-0.3, -0.25) is 0 Å². The van der Waals surface area contributed by atoms with Crippen LogP contribution in [0.25, 0.3) is 66.1 Å². The van der Waals surface area contributed by atoms with Gasteiger partial charge in [-0.2, -0.15) is 15.8 Å². The Morgan fingerprint density at radius 1 is 0.489 bits per heavy atom. The van der Waals surface area contributed by atoms with Gasteiger partial charge in [0.2, 0.25) is 0 Å². The first-order valence-electron chi connectivity index (χ1n) is 15.5. The van der Waals surface area contributed by atoms with E-state index in [-0.39, 0.29) is 5.41 Å². The van der Waals surface area contributed by atoms with Crippen LogP contribution in [0.1, 0.15) is 41.7 Å². The topological polar surface area (TPSA) is 81.2 Å². The summed E-state index contributed by atoms with van der Waals surface area (Å²) in [6.07, 6.45) is 0. The molecule has 1 aliphatic carbocycles. The SMILES string of the molecule is CC1(C)c2ccccc2-c2ccc3c4cc(C#N)ccc4n(-c4cccc(-n5c6ccc(C#N)cc6c6cc(C#N)ccc65)c4)c3c21. The van der Waals surface area contributed by atoms with Gasteiger partial charge in [0.05, 0.1) is 57.0 Å². The molecule has 0 atom stereocenters. The van der Waals surface area contributed by atoms with Crippen molar-refractivity contribution in [2.45, 2.75) is 19.3 Å². The third-order valence-corrected chi connectivity index (χ3v) is 9.94. The lowest BCUT2D eigenvalue weighted by atomic mass is 9.81. The molecule has 0 radical (unpaired) electrons. The minimum Gasteiger partial charge on any atom is -0.309 e. The monoisotopic (exact) mass is 599 g/mol. The second-order valence-electron chi connectivity index (χ2n) is 12.8. The molecule has 6 aromatic carbocycles. The van der Waals surface area contributed by atoms with E-state index in [0.717, 1.165) is 55.0 Å². The number of fused-ring (bicyclic) bond motifs is 10. The maximum atomic E-state index is 9.84. The lowest BCUT2D eigenvalue weighted by molar-refractivity contribution is 0.664. The first-order chi connectivity index (χ1) is 22.9. The van der Waals surface area contributed by atoms with Crippen LogP contribution in [0.2, 0.25) is 0 Å². The zero-order chi connectivity index (χ0) is 32.0. The van der Waals surface area contributed by atoms with Crippen molar-refractivity contribution >= 4 is 43.6 Å². The number of rotatable bonds is 2. The fourth-order valence-corrected chi connectivity index (χ4v) is 7.91. The van der Waals surface area contributed by atoms with E-state index in [1.54, 1.807) is 0 Å². The van der Waals surface area contributed by atoms with Crippen LogP contribution in [0.5, 0.6) is 0 Å². The lowest BCUT2D eigenvalue weighted by Gasteiger charge is -2.24. The quantitative estimate of drug-likeness (QED) is 0.198. The van der Waals surface area contributed by atoms with Crippen molar-refractivity contribution in [1.29, 1.82) is 15.8 Å². The second kappa shape index (κ2) is 9.45. The standard InChI is InChI=1S/C42H25N5/c1-42(2)36-9-4-3-8-30(36)31-13-14-32-33-18-25(22-43)12-17-39(33)47(41(32)40(31)42)29-7-5-6-28(21-29)46-37-15-10-26(23-44)19-34(37)35-20-27(24-45)11-16-38(35)46/h3-21H,1-2H3. The predicted molar refractivity (Wildman–Crippen MR) is 187 cm³/mol. The molecule has 2 aromatic heterocycles. The van der Waals surface area contributed by atoms with E-state index in [0.29, 0.717) is 16.7 Å². The Morgan fingerprint density at radius 3 is 1.62 bits per heavy atom. The molecule has 0 bridgehead atoms. The van der Waals surface area contributed by atoms with Crippen LogP contribution >= 0.6 is 0 Å². The molecule has 0 aliphatic heterocycles. The molecule has 0 fully saturated rings. The van der Waals surface area contributed by atoms with Crippen molar-refractivity contribution < 1.29 is 0 Å². The van der Waals surface area contributed by atoms with Crippen LogP contribution in [0, 0.1) is 34.0 Å². The molecule has 2 heterocycles. The van der Waals surface area contributed by atoms with Crippen LogP contribution in [-0.4, -0.2) is 9.13 Å². The third-order valence-electron chi connectivity index (χ3n) is 9.94. The van der Waals surface area contributed by atoms with Crippen molar-refractivity contribution in [2.24, 2.45) is 0 Å². The van der Waals surface area contributed by atoms with Crippen molar-refractivity contribution in [1.82, 2.24) is 9.13 Å². The van der Waals surface area contributed by atoms with E-state index >= 15 is 0 Å². The highest BCUT2D eigenvalue weighted by Crippen LogP contribution is 2.53. The molecule has 8 aromatic rings. The fraction of sp³-hybridized carbons (Fsp3) is 0.0714. The summed E-state index contributed by atoms with van der Waals surface area (Å²) in [5, 5.41) is 33.2.